The number of nitrogens with zero attached hydrogens (tertiary/aromatic N) is 2. The van der Waals surface area contributed by atoms with E-state index in [9.17, 15) is 5.11 Å². The molecule has 3 rings (SSSR count). The van der Waals surface area contributed by atoms with Crippen LogP contribution in [0.2, 0.25) is 5.02 Å². The van der Waals surface area contributed by atoms with Crippen LogP contribution in [0, 0.1) is 0 Å². The second kappa shape index (κ2) is 3.85. The number of hydrogen-bond acceptors (Lipinski definition) is 3. The van der Waals surface area contributed by atoms with Gasteiger partial charge < -0.3 is 14.2 Å². The summed E-state index contributed by atoms with van der Waals surface area (Å²) in [7, 11) is 0. The summed E-state index contributed by atoms with van der Waals surface area (Å²) >= 11 is 11.8. The molecule has 0 unspecified atom stereocenters. The summed E-state index contributed by atoms with van der Waals surface area (Å²) in [6.07, 6.45) is 3.55. The number of pyridine rings is 1. The quantitative estimate of drug-likeness (QED) is 0.851. The first kappa shape index (κ1) is 11.3. The molecular weight excluding hydrogens is 263 g/mol. The molecule has 0 spiro atoms. The van der Waals surface area contributed by atoms with E-state index in [0.717, 1.165) is 5.69 Å². The van der Waals surface area contributed by atoms with E-state index in [4.69, 9.17) is 27.9 Å². The minimum absolute atomic E-state index is 0.270. The Labute approximate surface area is 108 Å². The molecule has 0 radical (unpaired) electrons. The second-order valence-corrected chi connectivity index (χ2v) is 4.90. The third kappa shape index (κ3) is 1.72. The predicted octanol–water partition coefficient (Wildman–Crippen LogP) is 1.94. The molecule has 4 nitrogen and oxygen atoms in total. The van der Waals surface area contributed by atoms with E-state index >= 15 is 0 Å². The molecule has 0 aliphatic carbocycles. The van der Waals surface area contributed by atoms with Gasteiger partial charge >= 0.3 is 0 Å². The Bertz CT molecular complexity index is 578. The van der Waals surface area contributed by atoms with Crippen LogP contribution in [-0.4, -0.2) is 27.7 Å². The maximum absolute atomic E-state index is 10.3. The Morgan fingerprint density at radius 2 is 2.24 bits per heavy atom. The standard InChI is InChI=1S/C11H10Cl2N2O2/c12-2-8-4-15-3-7(13)1-9(10(15)14-8)11(16)5-17-6-11/h1,3-4,16H,2,5-6H2. The van der Waals surface area contributed by atoms with Crippen molar-refractivity contribution in [3.63, 3.8) is 0 Å². The average Bonchev–Trinajstić information content (AvgIpc) is 2.67. The van der Waals surface area contributed by atoms with Gasteiger partial charge in [-0.15, -0.1) is 11.6 Å². The van der Waals surface area contributed by atoms with Gasteiger partial charge in [-0.1, -0.05) is 11.6 Å². The number of hydrogen-bond donors (Lipinski definition) is 1. The van der Waals surface area contributed by atoms with Crippen molar-refractivity contribution in [2.45, 2.75) is 11.5 Å². The summed E-state index contributed by atoms with van der Waals surface area (Å²) in [5.74, 6) is 0.327. The molecule has 2 aromatic rings. The lowest BCUT2D eigenvalue weighted by Gasteiger charge is -2.36. The van der Waals surface area contributed by atoms with E-state index in [1.807, 2.05) is 0 Å². The maximum Gasteiger partial charge on any atom is 0.143 e. The number of aliphatic hydroxyl groups is 1. The Kier molecular flexibility index (Phi) is 2.56. The highest BCUT2D eigenvalue weighted by molar-refractivity contribution is 6.30. The molecule has 17 heavy (non-hydrogen) atoms. The molecule has 1 aliphatic heterocycles. The zero-order chi connectivity index (χ0) is 12.0. The van der Waals surface area contributed by atoms with Gasteiger partial charge in [-0.3, -0.25) is 0 Å². The van der Waals surface area contributed by atoms with Crippen molar-refractivity contribution in [1.29, 1.82) is 0 Å². The van der Waals surface area contributed by atoms with Crippen LogP contribution in [0.4, 0.5) is 0 Å². The van der Waals surface area contributed by atoms with Crippen molar-refractivity contribution in [3.05, 3.63) is 34.7 Å². The Hall–Kier alpha value is -0.810. The van der Waals surface area contributed by atoms with Gasteiger partial charge in [0, 0.05) is 18.0 Å². The molecule has 0 atom stereocenters. The smallest absolute Gasteiger partial charge is 0.143 e. The van der Waals surface area contributed by atoms with Crippen molar-refractivity contribution >= 4 is 28.8 Å². The second-order valence-electron chi connectivity index (χ2n) is 4.19. The van der Waals surface area contributed by atoms with Gasteiger partial charge in [0.25, 0.3) is 0 Å². The summed E-state index contributed by atoms with van der Waals surface area (Å²) in [4.78, 5) is 4.38. The highest BCUT2D eigenvalue weighted by atomic mass is 35.5. The molecule has 0 saturated carbocycles. The fourth-order valence-corrected chi connectivity index (χ4v) is 2.32. The van der Waals surface area contributed by atoms with E-state index in [2.05, 4.69) is 4.98 Å². The predicted molar refractivity (Wildman–Crippen MR) is 64.5 cm³/mol. The topological polar surface area (TPSA) is 46.8 Å². The summed E-state index contributed by atoms with van der Waals surface area (Å²) in [6, 6.07) is 1.73. The van der Waals surface area contributed by atoms with E-state index < -0.39 is 5.60 Å². The van der Waals surface area contributed by atoms with Crippen LogP contribution in [0.15, 0.2) is 18.5 Å². The van der Waals surface area contributed by atoms with Gasteiger partial charge in [-0.25, -0.2) is 4.98 Å². The molecule has 1 aliphatic rings. The fraction of sp³-hybridized carbons (Fsp3) is 0.364. The zero-order valence-electron chi connectivity index (χ0n) is 8.86. The van der Waals surface area contributed by atoms with Crippen LogP contribution in [0.5, 0.6) is 0 Å². The van der Waals surface area contributed by atoms with Crippen LogP contribution in [0.3, 0.4) is 0 Å². The Morgan fingerprint density at radius 1 is 1.47 bits per heavy atom. The van der Waals surface area contributed by atoms with Crippen LogP contribution in [-0.2, 0) is 16.2 Å². The van der Waals surface area contributed by atoms with Crippen molar-refractivity contribution in [2.75, 3.05) is 13.2 Å². The number of rotatable bonds is 2. The highest BCUT2D eigenvalue weighted by Gasteiger charge is 2.40. The SMILES string of the molecule is OC1(c2cc(Cl)cn3cc(CCl)nc23)COC1. The molecule has 0 bridgehead atoms. The molecule has 1 saturated heterocycles. The number of aromatic nitrogens is 2. The normalized spacial score (nSPS) is 18.3. The van der Waals surface area contributed by atoms with Crippen LogP contribution in [0.25, 0.3) is 5.65 Å². The molecule has 6 heteroatoms. The number of fused-ring (bicyclic) bond motifs is 1. The van der Waals surface area contributed by atoms with Gasteiger partial charge in [0.1, 0.15) is 11.2 Å². The van der Waals surface area contributed by atoms with E-state index in [1.165, 1.54) is 0 Å². The largest absolute Gasteiger partial charge is 0.380 e. The van der Waals surface area contributed by atoms with Crippen LogP contribution >= 0.6 is 23.2 Å². The number of imidazole rings is 1. The van der Waals surface area contributed by atoms with Crippen molar-refractivity contribution in [3.8, 4) is 0 Å². The van der Waals surface area contributed by atoms with Crippen molar-refractivity contribution in [1.82, 2.24) is 9.38 Å². The van der Waals surface area contributed by atoms with Gasteiger partial charge in [0.2, 0.25) is 0 Å². The third-order valence-electron chi connectivity index (χ3n) is 2.89. The third-order valence-corrected chi connectivity index (χ3v) is 3.37. The zero-order valence-corrected chi connectivity index (χ0v) is 10.4. The molecule has 0 amide bonds. The molecule has 2 aromatic heterocycles. The van der Waals surface area contributed by atoms with Gasteiger partial charge in [-0.2, -0.15) is 0 Å². The minimum Gasteiger partial charge on any atom is -0.380 e. The van der Waals surface area contributed by atoms with Gasteiger partial charge in [-0.05, 0) is 6.07 Å². The minimum atomic E-state index is -0.985. The Morgan fingerprint density at radius 3 is 2.82 bits per heavy atom. The van der Waals surface area contributed by atoms with E-state index in [0.29, 0.717) is 22.1 Å². The van der Waals surface area contributed by atoms with E-state index in [1.54, 1.807) is 22.9 Å². The number of halogens is 2. The lowest BCUT2D eigenvalue weighted by Crippen LogP contribution is -2.46. The van der Waals surface area contributed by atoms with Crippen molar-refractivity contribution in [2.24, 2.45) is 0 Å². The molecule has 0 aromatic carbocycles. The number of ether oxygens (including phenoxy) is 1. The monoisotopic (exact) mass is 272 g/mol. The molecule has 90 valence electrons. The fourth-order valence-electron chi connectivity index (χ4n) is 1.97. The summed E-state index contributed by atoms with van der Waals surface area (Å²) in [5, 5.41) is 10.9. The van der Waals surface area contributed by atoms with Crippen LogP contribution < -0.4 is 0 Å². The first-order valence-corrected chi connectivity index (χ1v) is 6.07. The molecule has 3 heterocycles. The lowest BCUT2D eigenvalue weighted by atomic mass is 9.93. The summed E-state index contributed by atoms with van der Waals surface area (Å²) in [6.45, 7) is 0.540. The molecule has 1 fully saturated rings. The Balaban J connectivity index is 2.24. The van der Waals surface area contributed by atoms with Crippen molar-refractivity contribution < 1.29 is 9.84 Å². The first-order valence-electron chi connectivity index (χ1n) is 5.16. The van der Waals surface area contributed by atoms with E-state index in [-0.39, 0.29) is 13.2 Å². The van der Waals surface area contributed by atoms with Gasteiger partial charge in [0.15, 0.2) is 0 Å². The summed E-state index contributed by atoms with van der Waals surface area (Å²) in [5.41, 5.74) is 1.13. The van der Waals surface area contributed by atoms with Gasteiger partial charge in [0.05, 0.1) is 29.8 Å². The lowest BCUT2D eigenvalue weighted by molar-refractivity contribution is -0.184. The number of alkyl halides is 1. The molecule has 1 N–H and O–H groups in total. The highest BCUT2D eigenvalue weighted by Crippen LogP contribution is 2.33. The summed E-state index contributed by atoms with van der Waals surface area (Å²) < 4.78 is 6.84. The molecular formula is C11H10Cl2N2O2. The maximum atomic E-state index is 10.3. The van der Waals surface area contributed by atoms with Crippen LogP contribution in [0.1, 0.15) is 11.3 Å². The first-order chi connectivity index (χ1) is 8.12. The average molecular weight is 273 g/mol.